The van der Waals surface area contributed by atoms with Crippen molar-refractivity contribution in [3.8, 4) is 0 Å². The van der Waals surface area contributed by atoms with Gasteiger partial charge in [-0.1, -0.05) is 43.7 Å². The van der Waals surface area contributed by atoms with Crippen molar-refractivity contribution in [2.24, 2.45) is 0 Å². The van der Waals surface area contributed by atoms with Gasteiger partial charge in [-0.2, -0.15) is 4.31 Å². The van der Waals surface area contributed by atoms with Gasteiger partial charge in [0.25, 0.3) is 0 Å². The Morgan fingerprint density at radius 3 is 2.12 bits per heavy atom. The van der Waals surface area contributed by atoms with E-state index in [2.05, 4.69) is 5.32 Å². The van der Waals surface area contributed by atoms with Crippen LogP contribution < -0.4 is 5.32 Å². The summed E-state index contributed by atoms with van der Waals surface area (Å²) in [7, 11) is -2.30. The molecule has 5 nitrogen and oxygen atoms in total. The highest BCUT2D eigenvalue weighted by atomic mass is 32.2. The molecule has 0 aliphatic carbocycles. The fourth-order valence-corrected chi connectivity index (χ4v) is 3.46. The third kappa shape index (κ3) is 4.90. The predicted molar refractivity (Wildman–Crippen MR) is 100 cm³/mol. The van der Waals surface area contributed by atoms with E-state index in [4.69, 9.17) is 0 Å². The van der Waals surface area contributed by atoms with Crippen molar-refractivity contribution in [1.82, 2.24) is 4.31 Å². The van der Waals surface area contributed by atoms with E-state index in [-0.39, 0.29) is 17.3 Å². The van der Waals surface area contributed by atoms with Crippen LogP contribution in [0.3, 0.4) is 0 Å². The summed E-state index contributed by atoms with van der Waals surface area (Å²) in [6.45, 7) is 5.80. The average molecular weight is 360 g/mol. The van der Waals surface area contributed by atoms with Crippen LogP contribution in [-0.4, -0.2) is 32.2 Å². The molecule has 134 valence electrons. The molecule has 25 heavy (non-hydrogen) atoms. The van der Waals surface area contributed by atoms with Crippen LogP contribution in [0.1, 0.15) is 30.9 Å². The summed E-state index contributed by atoms with van der Waals surface area (Å²) in [4.78, 5) is 12.3. The van der Waals surface area contributed by atoms with Crippen molar-refractivity contribution in [3.63, 3.8) is 0 Å². The summed E-state index contributed by atoms with van der Waals surface area (Å²) in [5.41, 5.74) is 2.80. The van der Waals surface area contributed by atoms with E-state index in [1.165, 1.54) is 7.05 Å². The van der Waals surface area contributed by atoms with Gasteiger partial charge < -0.3 is 5.32 Å². The van der Waals surface area contributed by atoms with Crippen molar-refractivity contribution in [2.75, 3.05) is 18.9 Å². The summed E-state index contributed by atoms with van der Waals surface area (Å²) in [5.74, 6) is -0.0523. The van der Waals surface area contributed by atoms with E-state index in [1.807, 2.05) is 32.9 Å². The highest BCUT2D eigenvalue weighted by Crippen LogP contribution is 2.19. The molecule has 0 fully saturated rings. The van der Waals surface area contributed by atoms with Gasteiger partial charge in [0, 0.05) is 12.7 Å². The van der Waals surface area contributed by atoms with Crippen LogP contribution in [0, 0.1) is 6.92 Å². The third-order valence-corrected chi connectivity index (χ3v) is 5.77. The molecule has 0 atom stereocenters. The highest BCUT2D eigenvalue weighted by molar-refractivity contribution is 7.89. The van der Waals surface area contributed by atoms with Gasteiger partial charge in [0.1, 0.15) is 0 Å². The molecule has 2 rings (SSSR count). The second-order valence-corrected chi connectivity index (χ2v) is 8.44. The van der Waals surface area contributed by atoms with Crippen LogP contribution in [0.15, 0.2) is 53.4 Å². The van der Waals surface area contributed by atoms with E-state index in [1.54, 1.807) is 36.4 Å². The molecule has 1 amide bonds. The van der Waals surface area contributed by atoms with Crippen molar-refractivity contribution < 1.29 is 13.2 Å². The minimum absolute atomic E-state index is 0.183. The summed E-state index contributed by atoms with van der Waals surface area (Å²) >= 11 is 0. The van der Waals surface area contributed by atoms with Crippen molar-refractivity contribution >= 4 is 21.6 Å². The van der Waals surface area contributed by atoms with E-state index in [0.29, 0.717) is 11.6 Å². The monoisotopic (exact) mass is 360 g/mol. The summed E-state index contributed by atoms with van der Waals surface area (Å²) in [5, 5.41) is 2.70. The third-order valence-electron chi connectivity index (χ3n) is 3.96. The topological polar surface area (TPSA) is 66.5 Å². The number of nitrogens with zero attached hydrogens (tertiary/aromatic N) is 1. The Morgan fingerprint density at radius 1 is 1.04 bits per heavy atom. The first kappa shape index (κ1) is 19.1. The van der Waals surface area contributed by atoms with Gasteiger partial charge in [0.15, 0.2) is 0 Å². The molecule has 0 bridgehead atoms. The summed E-state index contributed by atoms with van der Waals surface area (Å²) in [6, 6.07) is 14.1. The number of anilines is 1. The minimum atomic E-state index is -3.70. The first-order valence-corrected chi connectivity index (χ1v) is 9.57. The van der Waals surface area contributed by atoms with Gasteiger partial charge in [0.2, 0.25) is 15.9 Å². The number of amides is 1. The first-order chi connectivity index (χ1) is 11.7. The SMILES string of the molecule is Cc1ccc(NC(=O)CN(C)S(=O)(=O)c2ccc(C(C)C)cc2)cc1. The maximum absolute atomic E-state index is 12.6. The Hall–Kier alpha value is -2.18. The molecule has 0 aliphatic heterocycles. The van der Waals surface area contributed by atoms with Crippen molar-refractivity contribution in [3.05, 3.63) is 59.7 Å². The lowest BCUT2D eigenvalue weighted by molar-refractivity contribution is -0.116. The van der Waals surface area contributed by atoms with Gasteiger partial charge in [-0.3, -0.25) is 4.79 Å². The summed E-state index contributed by atoms with van der Waals surface area (Å²) in [6.07, 6.45) is 0. The van der Waals surface area contributed by atoms with E-state index in [0.717, 1.165) is 15.4 Å². The number of likely N-dealkylation sites (N-methyl/N-ethyl adjacent to an activating group) is 1. The second kappa shape index (κ2) is 7.80. The number of sulfonamides is 1. The van der Waals surface area contributed by atoms with E-state index >= 15 is 0 Å². The van der Waals surface area contributed by atoms with Gasteiger partial charge in [-0.05, 0) is 42.7 Å². The Labute approximate surface area is 149 Å². The number of rotatable bonds is 6. The van der Waals surface area contributed by atoms with Crippen molar-refractivity contribution in [2.45, 2.75) is 31.6 Å². The van der Waals surface area contributed by atoms with Crippen LogP contribution in [0.25, 0.3) is 0 Å². The van der Waals surface area contributed by atoms with Crippen LogP contribution in [0.2, 0.25) is 0 Å². The number of hydrogen-bond acceptors (Lipinski definition) is 3. The molecule has 2 aromatic rings. The molecule has 0 radical (unpaired) electrons. The zero-order chi connectivity index (χ0) is 18.6. The van der Waals surface area contributed by atoms with Gasteiger partial charge in [-0.15, -0.1) is 0 Å². The quantitative estimate of drug-likeness (QED) is 0.859. The molecule has 0 aliphatic rings. The molecule has 2 aromatic carbocycles. The molecule has 6 heteroatoms. The molecule has 1 N–H and O–H groups in total. The predicted octanol–water partition coefficient (Wildman–Crippen LogP) is 3.38. The van der Waals surface area contributed by atoms with Gasteiger partial charge in [-0.25, -0.2) is 8.42 Å². The number of aryl methyl sites for hydroxylation is 1. The van der Waals surface area contributed by atoms with Crippen LogP contribution in [-0.2, 0) is 14.8 Å². The molecular formula is C19H24N2O3S. The van der Waals surface area contributed by atoms with Gasteiger partial charge in [0.05, 0.1) is 11.4 Å². The minimum Gasteiger partial charge on any atom is -0.325 e. The standard InChI is InChI=1S/C19H24N2O3S/c1-14(2)16-7-11-18(12-8-16)25(23,24)21(4)13-19(22)20-17-9-5-15(3)6-10-17/h5-12,14H,13H2,1-4H3,(H,20,22). The maximum atomic E-state index is 12.6. The fourth-order valence-electron chi connectivity index (χ4n) is 2.33. The number of carbonyl (C=O) groups excluding carboxylic acids is 1. The normalized spacial score (nSPS) is 11.8. The lowest BCUT2D eigenvalue weighted by Gasteiger charge is -2.17. The van der Waals surface area contributed by atoms with Crippen molar-refractivity contribution in [1.29, 1.82) is 0 Å². The number of hydrogen-bond donors (Lipinski definition) is 1. The Morgan fingerprint density at radius 2 is 1.60 bits per heavy atom. The molecule has 0 unspecified atom stereocenters. The van der Waals surface area contributed by atoms with Crippen LogP contribution in [0.5, 0.6) is 0 Å². The molecular weight excluding hydrogens is 336 g/mol. The summed E-state index contributed by atoms with van der Waals surface area (Å²) < 4.78 is 26.2. The molecule has 0 saturated carbocycles. The first-order valence-electron chi connectivity index (χ1n) is 8.13. The highest BCUT2D eigenvalue weighted by Gasteiger charge is 2.23. The van der Waals surface area contributed by atoms with Gasteiger partial charge >= 0.3 is 0 Å². The average Bonchev–Trinajstić information content (AvgIpc) is 2.57. The molecule has 0 aromatic heterocycles. The Bertz CT molecular complexity index is 826. The zero-order valence-corrected chi connectivity index (χ0v) is 15.8. The van der Waals surface area contributed by atoms with E-state index < -0.39 is 10.0 Å². The largest absolute Gasteiger partial charge is 0.325 e. The van der Waals surface area contributed by atoms with Crippen LogP contribution in [0.4, 0.5) is 5.69 Å². The number of nitrogens with one attached hydrogen (secondary N) is 1. The Kier molecular flexibility index (Phi) is 5.98. The maximum Gasteiger partial charge on any atom is 0.243 e. The number of carbonyl (C=O) groups is 1. The lowest BCUT2D eigenvalue weighted by Crippen LogP contribution is -2.34. The second-order valence-electron chi connectivity index (χ2n) is 6.40. The van der Waals surface area contributed by atoms with E-state index in [9.17, 15) is 13.2 Å². The Balaban J connectivity index is 2.06. The smallest absolute Gasteiger partial charge is 0.243 e. The lowest BCUT2D eigenvalue weighted by atomic mass is 10.0. The molecule has 0 heterocycles. The number of benzene rings is 2. The molecule has 0 spiro atoms. The zero-order valence-electron chi connectivity index (χ0n) is 15.0. The fraction of sp³-hybridized carbons (Fsp3) is 0.316. The molecule has 0 saturated heterocycles. The van der Waals surface area contributed by atoms with Crippen LogP contribution >= 0.6 is 0 Å².